The van der Waals surface area contributed by atoms with Gasteiger partial charge in [0, 0.05) is 38.6 Å². The van der Waals surface area contributed by atoms with Gasteiger partial charge in [-0.3, -0.25) is 9.78 Å². The number of hydrogen-bond acceptors (Lipinski definition) is 6. The summed E-state index contributed by atoms with van der Waals surface area (Å²) < 4.78 is 13.3. The molecule has 4 rings (SSSR count). The Balaban J connectivity index is 1.49. The Labute approximate surface area is 186 Å². The van der Waals surface area contributed by atoms with E-state index in [2.05, 4.69) is 15.3 Å². The molecule has 1 amide bonds. The number of hydrogen-bond donors (Lipinski definition) is 1. The smallest absolute Gasteiger partial charge is 0.274 e. The van der Waals surface area contributed by atoms with Gasteiger partial charge in [0.1, 0.15) is 18.0 Å². The lowest BCUT2D eigenvalue weighted by Gasteiger charge is -2.35. The third kappa shape index (κ3) is 5.15. The predicted octanol–water partition coefficient (Wildman–Crippen LogP) is 2.80. The van der Waals surface area contributed by atoms with Gasteiger partial charge in [0.15, 0.2) is 5.69 Å². The number of aromatic nitrogens is 3. The molecule has 0 unspecified atom stereocenters. The van der Waals surface area contributed by atoms with Crippen LogP contribution in [0.1, 0.15) is 30.0 Å². The van der Waals surface area contributed by atoms with Gasteiger partial charge < -0.3 is 24.1 Å². The summed E-state index contributed by atoms with van der Waals surface area (Å²) >= 11 is 6.21. The number of amides is 1. The van der Waals surface area contributed by atoms with Gasteiger partial charge in [-0.05, 0) is 38.1 Å². The lowest BCUT2D eigenvalue weighted by atomic mass is 10.2. The lowest BCUT2D eigenvalue weighted by molar-refractivity contribution is -0.0587. The fraction of sp³-hybridized carbons (Fsp3) is 0.409. The molecule has 1 saturated heterocycles. The summed E-state index contributed by atoms with van der Waals surface area (Å²) in [6.45, 7) is 6.57. The maximum atomic E-state index is 13.3. The minimum Gasteiger partial charge on any atom is -0.491 e. The van der Waals surface area contributed by atoms with Gasteiger partial charge in [0.25, 0.3) is 5.91 Å². The van der Waals surface area contributed by atoms with E-state index in [1.54, 1.807) is 24.7 Å². The molecule has 3 aromatic heterocycles. The maximum Gasteiger partial charge on any atom is 0.274 e. The zero-order valence-electron chi connectivity index (χ0n) is 17.6. The summed E-state index contributed by atoms with van der Waals surface area (Å²) in [5.41, 5.74) is 1.89. The van der Waals surface area contributed by atoms with Crippen molar-refractivity contribution in [2.75, 3.05) is 26.2 Å². The van der Waals surface area contributed by atoms with Crippen LogP contribution in [0.2, 0.25) is 5.02 Å². The van der Waals surface area contributed by atoms with E-state index in [-0.39, 0.29) is 18.1 Å². The number of halogens is 1. The van der Waals surface area contributed by atoms with Crippen LogP contribution >= 0.6 is 11.6 Å². The molecule has 1 fully saturated rings. The van der Waals surface area contributed by atoms with E-state index in [4.69, 9.17) is 21.1 Å². The summed E-state index contributed by atoms with van der Waals surface area (Å²) in [7, 11) is 0. The number of fused-ring (bicyclic) bond motifs is 1. The standard InChI is InChI=1S/C22H26ClN5O3/c1-15-12-27(13-16(2)31-15)22(29)21-19(28-14-17(23)5-6-20(28)26-21)11-25-8-9-30-18-4-3-7-24-10-18/h3-7,10,14-16,25H,8-9,11-13H2,1-2H3/t15-,16+. The average molecular weight is 444 g/mol. The summed E-state index contributed by atoms with van der Waals surface area (Å²) in [6, 6.07) is 7.28. The van der Waals surface area contributed by atoms with Crippen LogP contribution in [-0.2, 0) is 11.3 Å². The number of nitrogens with zero attached hydrogens (tertiary/aromatic N) is 4. The van der Waals surface area contributed by atoms with Crippen LogP contribution in [0.5, 0.6) is 5.75 Å². The van der Waals surface area contributed by atoms with Crippen LogP contribution in [0.15, 0.2) is 42.9 Å². The van der Waals surface area contributed by atoms with E-state index < -0.39 is 0 Å². The molecule has 8 nitrogen and oxygen atoms in total. The molecule has 164 valence electrons. The zero-order chi connectivity index (χ0) is 21.8. The van der Waals surface area contributed by atoms with Crippen LogP contribution in [0.25, 0.3) is 5.65 Å². The molecule has 0 saturated carbocycles. The van der Waals surface area contributed by atoms with E-state index in [9.17, 15) is 4.79 Å². The van der Waals surface area contributed by atoms with Crippen molar-refractivity contribution in [2.24, 2.45) is 0 Å². The molecule has 0 bridgehead atoms. The molecule has 1 aliphatic heterocycles. The highest BCUT2D eigenvalue weighted by Gasteiger charge is 2.30. The summed E-state index contributed by atoms with van der Waals surface area (Å²) in [4.78, 5) is 23.8. The van der Waals surface area contributed by atoms with Crippen molar-refractivity contribution >= 4 is 23.2 Å². The maximum absolute atomic E-state index is 13.3. The van der Waals surface area contributed by atoms with Crippen molar-refractivity contribution in [3.8, 4) is 5.75 Å². The first-order chi connectivity index (χ1) is 15.0. The predicted molar refractivity (Wildman–Crippen MR) is 118 cm³/mol. The van der Waals surface area contributed by atoms with Crippen molar-refractivity contribution in [2.45, 2.75) is 32.6 Å². The summed E-state index contributed by atoms with van der Waals surface area (Å²) in [6.07, 6.45) is 5.15. The minimum atomic E-state index is -0.0924. The van der Waals surface area contributed by atoms with Crippen molar-refractivity contribution in [3.63, 3.8) is 0 Å². The highest BCUT2D eigenvalue weighted by molar-refractivity contribution is 6.30. The second kappa shape index (κ2) is 9.64. The Morgan fingerprint density at radius 1 is 1.29 bits per heavy atom. The van der Waals surface area contributed by atoms with Crippen LogP contribution in [0.3, 0.4) is 0 Å². The number of carbonyl (C=O) groups is 1. The third-order valence-corrected chi connectivity index (χ3v) is 5.29. The SMILES string of the molecule is C[C@@H]1CN(C(=O)c2nc3ccc(Cl)cn3c2CNCCOc2cccnc2)C[C@H](C)O1. The number of morpholine rings is 1. The van der Waals surface area contributed by atoms with Crippen LogP contribution in [-0.4, -0.2) is 63.6 Å². The van der Waals surface area contributed by atoms with Gasteiger partial charge in [0.2, 0.25) is 0 Å². The fourth-order valence-electron chi connectivity index (χ4n) is 3.78. The van der Waals surface area contributed by atoms with Crippen molar-refractivity contribution in [1.82, 2.24) is 24.6 Å². The molecule has 31 heavy (non-hydrogen) atoms. The largest absolute Gasteiger partial charge is 0.491 e. The molecule has 4 heterocycles. The Bertz CT molecular complexity index is 1030. The molecule has 1 aliphatic rings. The molecule has 9 heteroatoms. The second-order valence-corrected chi connectivity index (χ2v) is 8.10. The number of imidazole rings is 1. The minimum absolute atomic E-state index is 0.00891. The second-order valence-electron chi connectivity index (χ2n) is 7.66. The molecule has 0 spiro atoms. The van der Waals surface area contributed by atoms with Gasteiger partial charge in [-0.1, -0.05) is 11.6 Å². The Kier molecular flexibility index (Phi) is 6.70. The number of ether oxygens (including phenoxy) is 2. The van der Waals surface area contributed by atoms with E-state index in [0.717, 1.165) is 11.4 Å². The lowest BCUT2D eigenvalue weighted by Crippen LogP contribution is -2.48. The summed E-state index contributed by atoms with van der Waals surface area (Å²) in [5, 5.41) is 3.92. The Morgan fingerprint density at radius 3 is 2.84 bits per heavy atom. The molecule has 0 aliphatic carbocycles. The van der Waals surface area contributed by atoms with Crippen LogP contribution in [0, 0.1) is 0 Å². The van der Waals surface area contributed by atoms with Crippen LogP contribution in [0.4, 0.5) is 0 Å². The molecule has 1 N–H and O–H groups in total. The number of pyridine rings is 2. The quantitative estimate of drug-likeness (QED) is 0.565. The number of rotatable bonds is 7. The first kappa shape index (κ1) is 21.5. The third-order valence-electron chi connectivity index (χ3n) is 5.07. The van der Waals surface area contributed by atoms with Crippen LogP contribution < -0.4 is 10.1 Å². The highest BCUT2D eigenvalue weighted by atomic mass is 35.5. The molecular formula is C22H26ClN5O3. The van der Waals surface area contributed by atoms with Gasteiger partial charge in [-0.2, -0.15) is 0 Å². The number of carbonyl (C=O) groups excluding carboxylic acids is 1. The Morgan fingerprint density at radius 2 is 2.10 bits per heavy atom. The first-order valence-corrected chi connectivity index (χ1v) is 10.7. The molecule has 0 radical (unpaired) electrons. The van der Waals surface area contributed by atoms with E-state index in [0.29, 0.717) is 49.1 Å². The fourth-order valence-corrected chi connectivity index (χ4v) is 3.94. The normalized spacial score (nSPS) is 19.0. The van der Waals surface area contributed by atoms with E-state index in [1.807, 2.05) is 41.3 Å². The van der Waals surface area contributed by atoms with Crippen molar-refractivity contribution in [1.29, 1.82) is 0 Å². The zero-order valence-corrected chi connectivity index (χ0v) is 18.4. The van der Waals surface area contributed by atoms with Gasteiger partial charge in [-0.15, -0.1) is 0 Å². The van der Waals surface area contributed by atoms with Crippen molar-refractivity contribution in [3.05, 3.63) is 59.3 Å². The van der Waals surface area contributed by atoms with E-state index in [1.165, 1.54) is 0 Å². The van der Waals surface area contributed by atoms with Gasteiger partial charge in [-0.25, -0.2) is 4.98 Å². The van der Waals surface area contributed by atoms with E-state index >= 15 is 0 Å². The average Bonchev–Trinajstić information content (AvgIpc) is 3.10. The van der Waals surface area contributed by atoms with Crippen molar-refractivity contribution < 1.29 is 14.3 Å². The molecule has 3 aromatic rings. The highest BCUT2D eigenvalue weighted by Crippen LogP contribution is 2.20. The van der Waals surface area contributed by atoms with Gasteiger partial charge in [0.05, 0.1) is 29.1 Å². The monoisotopic (exact) mass is 443 g/mol. The molecule has 0 aromatic carbocycles. The first-order valence-electron chi connectivity index (χ1n) is 10.4. The Hall–Kier alpha value is -2.68. The molecular weight excluding hydrogens is 418 g/mol. The number of nitrogens with one attached hydrogen (secondary N) is 1. The van der Waals surface area contributed by atoms with Gasteiger partial charge >= 0.3 is 0 Å². The molecule has 2 atom stereocenters. The summed E-state index contributed by atoms with van der Waals surface area (Å²) in [5.74, 6) is 0.627. The topological polar surface area (TPSA) is 81.0 Å².